The minimum atomic E-state index is -0.714. The normalized spacial score (nSPS) is 14.2. The number of nitrogens with zero attached hydrogens (tertiary/aromatic N) is 1. The van der Waals surface area contributed by atoms with Crippen molar-refractivity contribution in [1.29, 1.82) is 0 Å². The van der Waals surface area contributed by atoms with Crippen LogP contribution in [0.15, 0.2) is 28.9 Å². The third kappa shape index (κ3) is 2.78. The van der Waals surface area contributed by atoms with E-state index in [9.17, 15) is 13.6 Å². The predicted octanol–water partition coefficient (Wildman–Crippen LogP) is 3.70. The van der Waals surface area contributed by atoms with Crippen LogP contribution in [0.5, 0.6) is 0 Å². The van der Waals surface area contributed by atoms with Crippen LogP contribution in [0.3, 0.4) is 0 Å². The number of rotatable bonds is 3. The second-order valence-corrected chi connectivity index (χ2v) is 5.85. The Kier molecular flexibility index (Phi) is 3.44. The van der Waals surface area contributed by atoms with Gasteiger partial charge in [0.05, 0.1) is 15.8 Å². The van der Waals surface area contributed by atoms with Crippen molar-refractivity contribution in [3.05, 3.63) is 46.2 Å². The number of carbonyl (C=O) groups excluding carboxylic acids is 1. The molecule has 1 heterocycles. The first-order valence-electron chi connectivity index (χ1n) is 6.39. The van der Waals surface area contributed by atoms with Crippen molar-refractivity contribution in [1.82, 2.24) is 4.57 Å². The predicted molar refractivity (Wildman–Crippen MR) is 79.1 cm³/mol. The topological polar surface area (TPSA) is 60.1 Å². The summed E-state index contributed by atoms with van der Waals surface area (Å²) in [5, 5.41) is 2.38. The van der Waals surface area contributed by atoms with E-state index in [1.165, 1.54) is 6.07 Å². The van der Waals surface area contributed by atoms with Crippen molar-refractivity contribution in [3.8, 4) is 0 Å². The van der Waals surface area contributed by atoms with Gasteiger partial charge in [-0.15, -0.1) is 0 Å². The lowest BCUT2D eigenvalue weighted by molar-refractivity contribution is 0.101. The molecule has 1 aromatic heterocycles. The molecule has 1 fully saturated rings. The molecule has 21 heavy (non-hydrogen) atoms. The minimum Gasteiger partial charge on any atom is -0.397 e. The van der Waals surface area contributed by atoms with Gasteiger partial charge in [-0.2, -0.15) is 0 Å². The molecule has 1 aliphatic carbocycles. The molecule has 1 saturated carbocycles. The summed E-state index contributed by atoms with van der Waals surface area (Å²) in [6, 6.07) is 3.69. The summed E-state index contributed by atoms with van der Waals surface area (Å²) in [6.07, 6.45) is 3.65. The molecule has 0 spiro atoms. The molecule has 0 unspecified atom stereocenters. The number of nitrogens with one attached hydrogen (secondary N) is 1. The molecule has 0 aliphatic heterocycles. The Bertz CT molecular complexity index is 725. The Morgan fingerprint density at radius 1 is 1.29 bits per heavy atom. The number of amides is 1. The third-order valence-corrected chi connectivity index (χ3v) is 3.91. The molecule has 1 amide bonds. The summed E-state index contributed by atoms with van der Waals surface area (Å²) in [5.41, 5.74) is 6.32. The molecule has 0 atom stereocenters. The van der Waals surface area contributed by atoms with Crippen molar-refractivity contribution in [3.63, 3.8) is 0 Å². The van der Waals surface area contributed by atoms with Crippen LogP contribution < -0.4 is 11.1 Å². The van der Waals surface area contributed by atoms with E-state index in [0.29, 0.717) is 11.4 Å². The lowest BCUT2D eigenvalue weighted by Gasteiger charge is -2.10. The lowest BCUT2D eigenvalue weighted by atomic mass is 10.2. The van der Waals surface area contributed by atoms with Gasteiger partial charge in [0.15, 0.2) is 0 Å². The van der Waals surface area contributed by atoms with Crippen LogP contribution in [0.1, 0.15) is 29.4 Å². The lowest BCUT2D eigenvalue weighted by Crippen LogP contribution is -2.17. The zero-order chi connectivity index (χ0) is 15.1. The highest BCUT2D eigenvalue weighted by Crippen LogP contribution is 2.37. The maximum absolute atomic E-state index is 13.7. The quantitative estimate of drug-likeness (QED) is 0.824. The van der Waals surface area contributed by atoms with Crippen LogP contribution in [-0.4, -0.2) is 10.5 Å². The highest BCUT2D eigenvalue weighted by Gasteiger charge is 2.28. The Labute approximate surface area is 128 Å². The fourth-order valence-corrected chi connectivity index (χ4v) is 2.46. The van der Waals surface area contributed by atoms with Crippen LogP contribution in [0.4, 0.5) is 20.2 Å². The Hall–Kier alpha value is -1.89. The first-order chi connectivity index (χ1) is 9.95. The van der Waals surface area contributed by atoms with Gasteiger partial charge < -0.3 is 15.6 Å². The smallest absolute Gasteiger partial charge is 0.272 e. The molecule has 0 radical (unpaired) electrons. The zero-order valence-corrected chi connectivity index (χ0v) is 12.5. The van der Waals surface area contributed by atoms with Crippen LogP contribution >= 0.6 is 15.9 Å². The number of hydrogen-bond donors (Lipinski definition) is 2. The van der Waals surface area contributed by atoms with Crippen molar-refractivity contribution in [2.75, 3.05) is 11.1 Å². The first-order valence-corrected chi connectivity index (χ1v) is 7.18. The summed E-state index contributed by atoms with van der Waals surface area (Å²) in [5.74, 6) is -1.88. The van der Waals surface area contributed by atoms with Gasteiger partial charge in [-0.25, -0.2) is 8.78 Å². The molecule has 110 valence electrons. The molecule has 7 heteroatoms. The van der Waals surface area contributed by atoms with Crippen molar-refractivity contribution < 1.29 is 13.6 Å². The SMILES string of the molecule is Nc1cc(C(=O)Nc2cc(F)c(Br)cc2F)n(C2CC2)c1. The number of carbonyl (C=O) groups is 1. The molecular weight excluding hydrogens is 344 g/mol. The molecule has 1 aromatic carbocycles. The van der Waals surface area contributed by atoms with E-state index in [-0.39, 0.29) is 16.2 Å². The van der Waals surface area contributed by atoms with Crippen LogP contribution in [0.2, 0.25) is 0 Å². The van der Waals surface area contributed by atoms with E-state index < -0.39 is 17.5 Å². The van der Waals surface area contributed by atoms with Gasteiger partial charge in [0.25, 0.3) is 5.91 Å². The Morgan fingerprint density at radius 2 is 2.00 bits per heavy atom. The average Bonchev–Trinajstić information content (AvgIpc) is 3.18. The van der Waals surface area contributed by atoms with Gasteiger partial charge in [0, 0.05) is 18.3 Å². The van der Waals surface area contributed by atoms with E-state index in [1.54, 1.807) is 10.8 Å². The summed E-state index contributed by atoms with van der Waals surface area (Å²) >= 11 is 2.89. The standard InChI is InChI=1S/C14H12BrF2N3O/c15-9-4-11(17)12(5-10(9)16)19-14(21)13-3-7(18)6-20(13)8-1-2-8/h3-6,8H,1-2,18H2,(H,19,21). The Balaban J connectivity index is 1.88. The average molecular weight is 356 g/mol. The van der Waals surface area contributed by atoms with Gasteiger partial charge in [-0.3, -0.25) is 4.79 Å². The number of hydrogen-bond acceptors (Lipinski definition) is 2. The second kappa shape index (κ2) is 5.14. The molecule has 0 saturated heterocycles. The highest BCUT2D eigenvalue weighted by atomic mass is 79.9. The molecular formula is C14H12BrF2N3O. The number of nitrogen functional groups attached to an aromatic ring is 1. The zero-order valence-electron chi connectivity index (χ0n) is 10.9. The molecule has 3 rings (SSSR count). The molecule has 2 aromatic rings. The van der Waals surface area contributed by atoms with Crippen molar-refractivity contribution in [2.45, 2.75) is 18.9 Å². The Morgan fingerprint density at radius 3 is 2.67 bits per heavy atom. The number of aromatic nitrogens is 1. The number of halogens is 3. The fraction of sp³-hybridized carbons (Fsp3) is 0.214. The maximum Gasteiger partial charge on any atom is 0.272 e. The number of benzene rings is 1. The molecule has 4 nitrogen and oxygen atoms in total. The van der Waals surface area contributed by atoms with Gasteiger partial charge in [0.1, 0.15) is 17.3 Å². The van der Waals surface area contributed by atoms with Gasteiger partial charge in [0.2, 0.25) is 0 Å². The molecule has 0 bridgehead atoms. The number of nitrogens with two attached hydrogens (primary N) is 1. The first kappa shape index (κ1) is 14.1. The van der Waals surface area contributed by atoms with Crippen molar-refractivity contribution >= 4 is 33.2 Å². The minimum absolute atomic E-state index is 0.00333. The summed E-state index contributed by atoms with van der Waals surface area (Å²) in [4.78, 5) is 12.2. The van der Waals surface area contributed by atoms with Crippen LogP contribution in [-0.2, 0) is 0 Å². The summed E-state index contributed by atoms with van der Waals surface area (Å²) in [6.45, 7) is 0. The van der Waals surface area contributed by atoms with E-state index in [4.69, 9.17) is 5.73 Å². The fourth-order valence-electron chi connectivity index (χ4n) is 2.14. The monoisotopic (exact) mass is 355 g/mol. The van der Waals surface area contributed by atoms with Gasteiger partial charge in [-0.1, -0.05) is 0 Å². The molecule has 3 N–H and O–H groups in total. The van der Waals surface area contributed by atoms with E-state index in [0.717, 1.165) is 25.0 Å². The van der Waals surface area contributed by atoms with E-state index in [1.807, 2.05) is 0 Å². The highest BCUT2D eigenvalue weighted by molar-refractivity contribution is 9.10. The van der Waals surface area contributed by atoms with Crippen molar-refractivity contribution in [2.24, 2.45) is 0 Å². The largest absolute Gasteiger partial charge is 0.397 e. The number of anilines is 2. The summed E-state index contributed by atoms with van der Waals surface area (Å²) in [7, 11) is 0. The van der Waals surface area contributed by atoms with Gasteiger partial charge >= 0.3 is 0 Å². The van der Waals surface area contributed by atoms with Gasteiger partial charge in [-0.05, 0) is 40.9 Å². The maximum atomic E-state index is 13.7. The molecule has 1 aliphatic rings. The second-order valence-electron chi connectivity index (χ2n) is 5.00. The van der Waals surface area contributed by atoms with E-state index in [2.05, 4.69) is 21.2 Å². The van der Waals surface area contributed by atoms with Crippen LogP contribution in [0.25, 0.3) is 0 Å². The summed E-state index contributed by atoms with van der Waals surface area (Å²) < 4.78 is 29.0. The third-order valence-electron chi connectivity index (χ3n) is 3.30. The van der Waals surface area contributed by atoms with E-state index >= 15 is 0 Å². The van der Waals surface area contributed by atoms with Crippen LogP contribution in [0, 0.1) is 11.6 Å².